The zero-order valence-electron chi connectivity index (χ0n) is 12.0. The van der Waals surface area contributed by atoms with Gasteiger partial charge in [0, 0.05) is 31.2 Å². The SMILES string of the molecule is CCS(=O)(=O)N1CCN(C(=O)Cc2ccc(Cl)cc2)CC1. The van der Waals surface area contributed by atoms with Gasteiger partial charge in [-0.15, -0.1) is 0 Å². The van der Waals surface area contributed by atoms with Gasteiger partial charge in [-0.05, 0) is 24.6 Å². The Kier molecular flexibility index (Phi) is 5.24. The van der Waals surface area contributed by atoms with Crippen LogP contribution in [-0.4, -0.2) is 55.5 Å². The molecule has 0 spiro atoms. The summed E-state index contributed by atoms with van der Waals surface area (Å²) < 4.78 is 25.0. The summed E-state index contributed by atoms with van der Waals surface area (Å²) in [6, 6.07) is 7.18. The van der Waals surface area contributed by atoms with Gasteiger partial charge in [-0.25, -0.2) is 8.42 Å². The number of piperazine rings is 1. The van der Waals surface area contributed by atoms with E-state index in [4.69, 9.17) is 11.6 Å². The molecule has 1 amide bonds. The quantitative estimate of drug-likeness (QED) is 0.838. The molecule has 2 rings (SSSR count). The highest BCUT2D eigenvalue weighted by Gasteiger charge is 2.27. The highest BCUT2D eigenvalue weighted by molar-refractivity contribution is 7.89. The molecule has 0 bridgehead atoms. The molecule has 1 aliphatic heterocycles. The summed E-state index contributed by atoms with van der Waals surface area (Å²) in [6.07, 6.45) is 0.317. The van der Waals surface area contributed by atoms with E-state index in [0.29, 0.717) is 37.6 Å². The van der Waals surface area contributed by atoms with Crippen molar-refractivity contribution in [3.8, 4) is 0 Å². The number of nitrogens with zero attached hydrogens (tertiary/aromatic N) is 2. The van der Waals surface area contributed by atoms with Crippen molar-refractivity contribution >= 4 is 27.5 Å². The second-order valence-corrected chi connectivity index (χ2v) is 7.68. The van der Waals surface area contributed by atoms with Crippen LogP contribution in [0.15, 0.2) is 24.3 Å². The summed E-state index contributed by atoms with van der Waals surface area (Å²) in [6.45, 7) is 3.29. The van der Waals surface area contributed by atoms with Gasteiger partial charge in [0.05, 0.1) is 12.2 Å². The number of rotatable bonds is 4. The fourth-order valence-corrected chi connectivity index (χ4v) is 3.50. The Bertz CT molecular complexity index is 593. The fourth-order valence-electron chi connectivity index (χ4n) is 2.29. The van der Waals surface area contributed by atoms with Gasteiger partial charge in [-0.1, -0.05) is 23.7 Å². The molecular weight excluding hydrogens is 312 g/mol. The molecule has 0 N–H and O–H groups in total. The standard InChI is InChI=1S/C14H19ClN2O3S/c1-2-21(19,20)17-9-7-16(8-10-17)14(18)11-12-3-5-13(15)6-4-12/h3-6H,2,7-11H2,1H3. The lowest BCUT2D eigenvalue weighted by molar-refractivity contribution is -0.131. The Hall–Kier alpha value is -1.11. The first-order valence-electron chi connectivity index (χ1n) is 6.92. The molecule has 1 aromatic rings. The van der Waals surface area contributed by atoms with Gasteiger partial charge in [-0.2, -0.15) is 4.31 Å². The van der Waals surface area contributed by atoms with Crippen molar-refractivity contribution in [1.29, 1.82) is 0 Å². The maximum Gasteiger partial charge on any atom is 0.227 e. The molecule has 1 heterocycles. The van der Waals surface area contributed by atoms with Gasteiger partial charge in [0.1, 0.15) is 0 Å². The number of carbonyl (C=O) groups excluding carboxylic acids is 1. The Morgan fingerprint density at radius 2 is 1.71 bits per heavy atom. The summed E-state index contributed by atoms with van der Waals surface area (Å²) >= 11 is 5.81. The smallest absolute Gasteiger partial charge is 0.227 e. The van der Waals surface area contributed by atoms with Crippen LogP contribution in [0.3, 0.4) is 0 Å². The van der Waals surface area contributed by atoms with Gasteiger partial charge in [0.2, 0.25) is 15.9 Å². The molecule has 7 heteroatoms. The van der Waals surface area contributed by atoms with Crippen LogP contribution in [0.4, 0.5) is 0 Å². The Labute approximate surface area is 130 Å². The molecule has 0 aliphatic carbocycles. The maximum atomic E-state index is 12.2. The van der Waals surface area contributed by atoms with E-state index in [2.05, 4.69) is 0 Å². The van der Waals surface area contributed by atoms with Crippen LogP contribution in [0.25, 0.3) is 0 Å². The summed E-state index contributed by atoms with van der Waals surface area (Å²) in [5.41, 5.74) is 0.910. The third-order valence-electron chi connectivity index (χ3n) is 3.62. The van der Waals surface area contributed by atoms with Crippen molar-refractivity contribution < 1.29 is 13.2 Å². The van der Waals surface area contributed by atoms with Crippen molar-refractivity contribution in [2.75, 3.05) is 31.9 Å². The zero-order chi connectivity index (χ0) is 15.5. The van der Waals surface area contributed by atoms with Gasteiger partial charge >= 0.3 is 0 Å². The van der Waals surface area contributed by atoms with Crippen LogP contribution >= 0.6 is 11.6 Å². The highest BCUT2D eigenvalue weighted by atomic mass is 35.5. The molecular formula is C14H19ClN2O3S. The van der Waals surface area contributed by atoms with Gasteiger partial charge in [0.15, 0.2) is 0 Å². The molecule has 1 fully saturated rings. The van der Waals surface area contributed by atoms with E-state index in [-0.39, 0.29) is 11.7 Å². The first-order valence-corrected chi connectivity index (χ1v) is 8.91. The normalized spacial score (nSPS) is 17.0. The largest absolute Gasteiger partial charge is 0.340 e. The van der Waals surface area contributed by atoms with Gasteiger partial charge < -0.3 is 4.90 Å². The summed E-state index contributed by atoms with van der Waals surface area (Å²) in [7, 11) is -3.15. The fraction of sp³-hybridized carbons (Fsp3) is 0.500. The van der Waals surface area contributed by atoms with E-state index in [0.717, 1.165) is 5.56 Å². The van der Waals surface area contributed by atoms with Crippen LogP contribution < -0.4 is 0 Å². The van der Waals surface area contributed by atoms with E-state index in [9.17, 15) is 13.2 Å². The molecule has 1 aromatic carbocycles. The second kappa shape index (κ2) is 6.77. The maximum absolute atomic E-state index is 12.2. The Morgan fingerprint density at radius 1 is 1.14 bits per heavy atom. The average Bonchev–Trinajstić information content (AvgIpc) is 2.49. The summed E-state index contributed by atoms with van der Waals surface area (Å²) in [4.78, 5) is 13.9. The molecule has 116 valence electrons. The van der Waals surface area contributed by atoms with E-state index in [1.165, 1.54) is 4.31 Å². The lowest BCUT2D eigenvalue weighted by Gasteiger charge is -2.33. The third kappa shape index (κ3) is 4.18. The summed E-state index contributed by atoms with van der Waals surface area (Å²) in [5.74, 6) is 0.122. The molecule has 0 radical (unpaired) electrons. The minimum atomic E-state index is -3.15. The van der Waals surface area contributed by atoms with Crippen molar-refractivity contribution in [2.45, 2.75) is 13.3 Å². The van der Waals surface area contributed by atoms with Gasteiger partial charge in [-0.3, -0.25) is 4.79 Å². The van der Waals surface area contributed by atoms with Crippen LogP contribution in [0.5, 0.6) is 0 Å². The number of hydrogen-bond acceptors (Lipinski definition) is 3. The third-order valence-corrected chi connectivity index (χ3v) is 5.75. The van der Waals surface area contributed by atoms with Crippen molar-refractivity contribution in [2.24, 2.45) is 0 Å². The predicted molar refractivity (Wildman–Crippen MR) is 82.8 cm³/mol. The number of sulfonamides is 1. The van der Waals surface area contributed by atoms with Crippen molar-refractivity contribution in [1.82, 2.24) is 9.21 Å². The average molecular weight is 331 g/mol. The van der Waals surface area contributed by atoms with E-state index < -0.39 is 10.0 Å². The molecule has 0 saturated carbocycles. The number of hydrogen-bond donors (Lipinski definition) is 0. The Morgan fingerprint density at radius 3 is 2.24 bits per heavy atom. The van der Waals surface area contributed by atoms with Crippen molar-refractivity contribution in [3.63, 3.8) is 0 Å². The van der Waals surface area contributed by atoms with E-state index in [1.54, 1.807) is 24.0 Å². The monoisotopic (exact) mass is 330 g/mol. The summed E-state index contributed by atoms with van der Waals surface area (Å²) in [5, 5.41) is 0.643. The number of carbonyl (C=O) groups is 1. The van der Waals surface area contributed by atoms with E-state index >= 15 is 0 Å². The second-order valence-electron chi connectivity index (χ2n) is 4.98. The van der Waals surface area contributed by atoms with E-state index in [1.807, 2.05) is 12.1 Å². The highest BCUT2D eigenvalue weighted by Crippen LogP contribution is 2.13. The number of halogens is 1. The van der Waals surface area contributed by atoms with Crippen molar-refractivity contribution in [3.05, 3.63) is 34.9 Å². The molecule has 0 unspecified atom stereocenters. The zero-order valence-corrected chi connectivity index (χ0v) is 13.5. The van der Waals surface area contributed by atoms with Gasteiger partial charge in [0.25, 0.3) is 0 Å². The topological polar surface area (TPSA) is 57.7 Å². The first-order chi connectivity index (χ1) is 9.92. The first kappa shape index (κ1) is 16.3. The minimum absolute atomic E-state index is 0.0193. The van der Waals surface area contributed by atoms with Crippen LogP contribution in [0.2, 0.25) is 5.02 Å². The van der Waals surface area contributed by atoms with Crippen LogP contribution in [0.1, 0.15) is 12.5 Å². The molecule has 0 atom stereocenters. The molecule has 1 saturated heterocycles. The lowest BCUT2D eigenvalue weighted by atomic mass is 10.1. The minimum Gasteiger partial charge on any atom is -0.340 e. The number of benzene rings is 1. The van der Waals surface area contributed by atoms with Crippen LogP contribution in [0, 0.1) is 0 Å². The molecule has 21 heavy (non-hydrogen) atoms. The lowest BCUT2D eigenvalue weighted by Crippen LogP contribution is -2.51. The number of amides is 1. The Balaban J connectivity index is 1.90. The molecule has 5 nitrogen and oxygen atoms in total. The molecule has 1 aliphatic rings. The van der Waals surface area contributed by atoms with Crippen LogP contribution in [-0.2, 0) is 21.2 Å². The molecule has 0 aromatic heterocycles. The predicted octanol–water partition coefficient (Wildman–Crippen LogP) is 1.38.